The van der Waals surface area contributed by atoms with Gasteiger partial charge in [-0.25, -0.2) is 4.79 Å². The number of hydrogen-bond donors (Lipinski definition) is 1. The third-order valence-electron chi connectivity index (χ3n) is 3.54. The number of nitriles is 1. The first-order chi connectivity index (χ1) is 9.69. The summed E-state index contributed by atoms with van der Waals surface area (Å²) in [6, 6.07) is 8.86. The van der Waals surface area contributed by atoms with Crippen molar-refractivity contribution in [1.82, 2.24) is 9.80 Å². The summed E-state index contributed by atoms with van der Waals surface area (Å²) in [5, 5.41) is 11.6. The summed E-state index contributed by atoms with van der Waals surface area (Å²) in [6.07, 6.45) is 2.52. The minimum absolute atomic E-state index is 0.140. The molecule has 2 rings (SSSR count). The van der Waals surface area contributed by atoms with Crippen LogP contribution in [0.15, 0.2) is 24.3 Å². The van der Waals surface area contributed by atoms with Crippen LogP contribution in [0.4, 0.5) is 10.5 Å². The fourth-order valence-electron chi connectivity index (χ4n) is 2.28. The van der Waals surface area contributed by atoms with Crippen LogP contribution in [0.2, 0.25) is 0 Å². The maximum absolute atomic E-state index is 12.0. The Morgan fingerprint density at radius 1 is 1.45 bits per heavy atom. The van der Waals surface area contributed by atoms with Crippen LogP contribution in [0, 0.1) is 11.3 Å². The van der Waals surface area contributed by atoms with Crippen molar-refractivity contribution in [3.63, 3.8) is 0 Å². The highest BCUT2D eigenvalue weighted by Gasteiger charge is 2.14. The highest BCUT2D eigenvalue weighted by molar-refractivity contribution is 5.89. The van der Waals surface area contributed by atoms with Crippen LogP contribution in [-0.2, 0) is 0 Å². The fourth-order valence-corrected chi connectivity index (χ4v) is 2.28. The molecule has 1 saturated heterocycles. The lowest BCUT2D eigenvalue weighted by Gasteiger charge is -2.21. The Labute approximate surface area is 119 Å². The third kappa shape index (κ3) is 3.97. The van der Waals surface area contributed by atoms with Crippen LogP contribution >= 0.6 is 0 Å². The average Bonchev–Trinajstić information content (AvgIpc) is 2.98. The van der Waals surface area contributed by atoms with E-state index in [0.29, 0.717) is 17.8 Å². The molecular formula is C15H20N4O. The molecule has 0 aliphatic carbocycles. The minimum Gasteiger partial charge on any atom is -0.326 e. The number of nitrogens with one attached hydrogen (secondary N) is 1. The van der Waals surface area contributed by atoms with E-state index in [4.69, 9.17) is 5.26 Å². The van der Waals surface area contributed by atoms with Crippen molar-refractivity contribution in [2.75, 3.05) is 38.5 Å². The molecule has 5 heteroatoms. The Morgan fingerprint density at radius 2 is 2.20 bits per heavy atom. The van der Waals surface area contributed by atoms with E-state index in [1.54, 1.807) is 36.2 Å². The standard InChI is InChI=1S/C15H20N4O/c1-18(9-10-19-7-2-3-8-19)15(20)17-14-6-4-5-13(11-14)12-16/h4-6,11H,2-3,7-10H2,1H3,(H,17,20). The Bertz CT molecular complexity index is 503. The van der Waals surface area contributed by atoms with Crippen molar-refractivity contribution in [3.8, 4) is 6.07 Å². The van der Waals surface area contributed by atoms with Gasteiger partial charge in [0.05, 0.1) is 11.6 Å². The predicted molar refractivity (Wildman–Crippen MR) is 78.5 cm³/mol. The molecule has 1 N–H and O–H groups in total. The third-order valence-corrected chi connectivity index (χ3v) is 3.54. The first-order valence-electron chi connectivity index (χ1n) is 6.93. The molecule has 0 atom stereocenters. The minimum atomic E-state index is -0.140. The van der Waals surface area contributed by atoms with Gasteiger partial charge in [0.1, 0.15) is 0 Å². The first-order valence-corrected chi connectivity index (χ1v) is 6.93. The van der Waals surface area contributed by atoms with Gasteiger partial charge >= 0.3 is 6.03 Å². The number of carbonyl (C=O) groups is 1. The number of likely N-dealkylation sites (N-methyl/N-ethyl adjacent to an activating group) is 1. The van der Waals surface area contributed by atoms with E-state index in [9.17, 15) is 4.79 Å². The summed E-state index contributed by atoms with van der Waals surface area (Å²) >= 11 is 0. The Balaban J connectivity index is 1.82. The summed E-state index contributed by atoms with van der Waals surface area (Å²) in [7, 11) is 1.79. The lowest BCUT2D eigenvalue weighted by molar-refractivity contribution is 0.213. The molecule has 1 aromatic rings. The van der Waals surface area contributed by atoms with E-state index < -0.39 is 0 Å². The van der Waals surface area contributed by atoms with Gasteiger partial charge in [0, 0.05) is 25.8 Å². The number of hydrogen-bond acceptors (Lipinski definition) is 3. The fraction of sp³-hybridized carbons (Fsp3) is 0.467. The van der Waals surface area contributed by atoms with Crippen molar-refractivity contribution >= 4 is 11.7 Å². The molecule has 0 saturated carbocycles. The van der Waals surface area contributed by atoms with E-state index >= 15 is 0 Å². The van der Waals surface area contributed by atoms with Gasteiger partial charge in [0.25, 0.3) is 0 Å². The smallest absolute Gasteiger partial charge is 0.321 e. The van der Waals surface area contributed by atoms with Crippen molar-refractivity contribution in [2.24, 2.45) is 0 Å². The molecule has 1 aliphatic rings. The van der Waals surface area contributed by atoms with Crippen LogP contribution in [0.3, 0.4) is 0 Å². The summed E-state index contributed by atoms with van der Waals surface area (Å²) < 4.78 is 0. The predicted octanol–water partition coefficient (Wildman–Crippen LogP) is 2.12. The Morgan fingerprint density at radius 3 is 2.90 bits per heavy atom. The zero-order valence-electron chi connectivity index (χ0n) is 11.8. The summed E-state index contributed by atoms with van der Waals surface area (Å²) in [6.45, 7) is 3.91. The first kappa shape index (κ1) is 14.4. The number of nitrogens with zero attached hydrogens (tertiary/aromatic N) is 3. The molecule has 1 fully saturated rings. The second-order valence-corrected chi connectivity index (χ2v) is 5.09. The molecule has 0 radical (unpaired) electrons. The van der Waals surface area contributed by atoms with Gasteiger partial charge in [-0.2, -0.15) is 5.26 Å². The highest BCUT2D eigenvalue weighted by Crippen LogP contribution is 2.11. The van der Waals surface area contributed by atoms with Crippen LogP contribution in [0.1, 0.15) is 18.4 Å². The second-order valence-electron chi connectivity index (χ2n) is 5.09. The van der Waals surface area contributed by atoms with Gasteiger partial charge in [0.15, 0.2) is 0 Å². The molecule has 0 spiro atoms. The number of anilines is 1. The normalized spacial score (nSPS) is 14.8. The van der Waals surface area contributed by atoms with Gasteiger partial charge in [0.2, 0.25) is 0 Å². The quantitative estimate of drug-likeness (QED) is 0.913. The lowest BCUT2D eigenvalue weighted by Crippen LogP contribution is -2.37. The van der Waals surface area contributed by atoms with Crippen molar-refractivity contribution < 1.29 is 4.79 Å². The summed E-state index contributed by atoms with van der Waals surface area (Å²) in [5.74, 6) is 0. The Kier molecular flexibility index (Phi) is 4.97. The van der Waals surface area contributed by atoms with Gasteiger partial charge in [-0.15, -0.1) is 0 Å². The van der Waals surface area contributed by atoms with Crippen LogP contribution in [0.5, 0.6) is 0 Å². The van der Waals surface area contributed by atoms with Gasteiger partial charge in [-0.1, -0.05) is 6.07 Å². The van der Waals surface area contributed by atoms with E-state index in [-0.39, 0.29) is 6.03 Å². The molecule has 0 bridgehead atoms. The van der Waals surface area contributed by atoms with Crippen molar-refractivity contribution in [3.05, 3.63) is 29.8 Å². The zero-order valence-corrected chi connectivity index (χ0v) is 11.8. The van der Waals surface area contributed by atoms with Crippen LogP contribution in [0.25, 0.3) is 0 Å². The monoisotopic (exact) mass is 272 g/mol. The van der Waals surface area contributed by atoms with Gasteiger partial charge in [-0.05, 0) is 44.1 Å². The van der Waals surface area contributed by atoms with E-state index in [1.807, 2.05) is 0 Å². The SMILES string of the molecule is CN(CCN1CCCC1)C(=O)Nc1cccc(C#N)c1. The number of carbonyl (C=O) groups excluding carboxylic acids is 1. The van der Waals surface area contributed by atoms with Crippen LogP contribution < -0.4 is 5.32 Å². The number of urea groups is 1. The van der Waals surface area contributed by atoms with Crippen LogP contribution in [-0.4, -0.2) is 49.1 Å². The van der Waals surface area contributed by atoms with E-state index in [1.165, 1.54) is 12.8 Å². The second kappa shape index (κ2) is 6.92. The lowest BCUT2D eigenvalue weighted by atomic mass is 10.2. The Hall–Kier alpha value is -2.06. The molecule has 1 aliphatic heterocycles. The molecule has 2 amide bonds. The highest BCUT2D eigenvalue weighted by atomic mass is 16.2. The number of rotatable bonds is 4. The van der Waals surface area contributed by atoms with Gasteiger partial charge in [-0.3, -0.25) is 0 Å². The number of amides is 2. The number of likely N-dealkylation sites (tertiary alicyclic amines) is 1. The topological polar surface area (TPSA) is 59.4 Å². The van der Waals surface area contributed by atoms with Gasteiger partial charge < -0.3 is 15.1 Å². The molecular weight excluding hydrogens is 252 g/mol. The molecule has 106 valence electrons. The molecule has 1 aromatic carbocycles. The molecule has 20 heavy (non-hydrogen) atoms. The maximum atomic E-state index is 12.0. The molecule has 1 heterocycles. The largest absolute Gasteiger partial charge is 0.326 e. The van der Waals surface area contributed by atoms with E-state index in [2.05, 4.69) is 16.3 Å². The molecule has 0 aromatic heterocycles. The maximum Gasteiger partial charge on any atom is 0.321 e. The average molecular weight is 272 g/mol. The van der Waals surface area contributed by atoms with E-state index in [0.717, 1.165) is 19.6 Å². The zero-order chi connectivity index (χ0) is 14.4. The molecule has 0 unspecified atom stereocenters. The van der Waals surface area contributed by atoms with Crippen molar-refractivity contribution in [1.29, 1.82) is 5.26 Å². The van der Waals surface area contributed by atoms with Crippen molar-refractivity contribution in [2.45, 2.75) is 12.8 Å². The number of benzene rings is 1. The molecule has 5 nitrogen and oxygen atoms in total. The summed E-state index contributed by atoms with van der Waals surface area (Å²) in [5.41, 5.74) is 1.20. The summed E-state index contributed by atoms with van der Waals surface area (Å²) in [4.78, 5) is 16.1.